The van der Waals surface area contributed by atoms with Gasteiger partial charge in [-0.25, -0.2) is 4.79 Å². The van der Waals surface area contributed by atoms with Crippen molar-refractivity contribution in [2.45, 2.75) is 25.8 Å². The Morgan fingerprint density at radius 1 is 1.53 bits per heavy atom. The molecule has 1 atom stereocenters. The lowest BCUT2D eigenvalue weighted by molar-refractivity contribution is -0.144. The van der Waals surface area contributed by atoms with Gasteiger partial charge >= 0.3 is 5.97 Å². The van der Waals surface area contributed by atoms with Gasteiger partial charge in [0.2, 0.25) is 0 Å². The van der Waals surface area contributed by atoms with Crippen LogP contribution in [0.1, 0.15) is 25.8 Å². The molecule has 15 heavy (non-hydrogen) atoms. The van der Waals surface area contributed by atoms with Gasteiger partial charge in [-0.05, 0) is 37.6 Å². The van der Waals surface area contributed by atoms with Crippen LogP contribution in [0.15, 0.2) is 24.5 Å². The molecule has 0 aliphatic heterocycles. The Morgan fingerprint density at radius 2 is 2.13 bits per heavy atom. The van der Waals surface area contributed by atoms with Crippen LogP contribution in [-0.4, -0.2) is 22.6 Å². The summed E-state index contributed by atoms with van der Waals surface area (Å²) in [4.78, 5) is 15.1. The molecule has 82 valence electrons. The van der Waals surface area contributed by atoms with E-state index in [4.69, 9.17) is 0 Å². The number of hydrogen-bond acceptors (Lipinski definition) is 3. The van der Waals surface area contributed by atoms with Crippen LogP contribution >= 0.6 is 0 Å². The second kappa shape index (κ2) is 4.89. The monoisotopic (exact) mass is 208 g/mol. The number of pyridine rings is 1. The molecule has 1 rings (SSSR count). The fourth-order valence-corrected chi connectivity index (χ4v) is 1.36. The molecule has 0 radical (unpaired) electrons. The Labute approximate surface area is 89.3 Å². The third-order valence-electron chi connectivity index (χ3n) is 2.41. The molecule has 0 saturated carbocycles. The maximum atomic E-state index is 11.2. The number of nitrogens with one attached hydrogen (secondary N) is 1. The van der Waals surface area contributed by atoms with Gasteiger partial charge in [0.25, 0.3) is 0 Å². The van der Waals surface area contributed by atoms with E-state index in [0.717, 1.165) is 12.0 Å². The maximum absolute atomic E-state index is 11.2. The SMILES string of the molecule is CCCNC(C)(C(=O)O)c1ccncc1. The first-order valence-corrected chi connectivity index (χ1v) is 5.00. The fourth-order valence-electron chi connectivity index (χ4n) is 1.36. The highest BCUT2D eigenvalue weighted by atomic mass is 16.4. The minimum atomic E-state index is -1.03. The zero-order chi connectivity index (χ0) is 11.3. The van der Waals surface area contributed by atoms with Gasteiger partial charge in [-0.1, -0.05) is 6.92 Å². The zero-order valence-corrected chi connectivity index (χ0v) is 9.03. The van der Waals surface area contributed by atoms with Gasteiger partial charge in [-0.3, -0.25) is 10.3 Å². The number of aromatic nitrogens is 1. The van der Waals surface area contributed by atoms with Crippen molar-refractivity contribution in [3.05, 3.63) is 30.1 Å². The molecule has 4 heteroatoms. The second-order valence-electron chi connectivity index (χ2n) is 3.59. The number of carboxylic acid groups (broad SMARTS) is 1. The van der Waals surface area contributed by atoms with Gasteiger partial charge in [-0.2, -0.15) is 0 Å². The third kappa shape index (κ3) is 2.53. The topological polar surface area (TPSA) is 62.2 Å². The smallest absolute Gasteiger partial charge is 0.328 e. The van der Waals surface area contributed by atoms with Crippen LogP contribution in [0.2, 0.25) is 0 Å². The van der Waals surface area contributed by atoms with E-state index in [1.54, 1.807) is 31.5 Å². The third-order valence-corrected chi connectivity index (χ3v) is 2.41. The summed E-state index contributed by atoms with van der Waals surface area (Å²) in [5, 5.41) is 12.3. The minimum Gasteiger partial charge on any atom is -0.480 e. The number of carboxylic acids is 1. The van der Waals surface area contributed by atoms with Crippen molar-refractivity contribution in [1.29, 1.82) is 0 Å². The van der Waals surface area contributed by atoms with Crippen molar-refractivity contribution in [3.8, 4) is 0 Å². The number of rotatable bonds is 5. The lowest BCUT2D eigenvalue weighted by atomic mass is 9.93. The first kappa shape index (κ1) is 11.7. The van der Waals surface area contributed by atoms with Gasteiger partial charge < -0.3 is 5.11 Å². The number of carbonyl (C=O) groups is 1. The predicted molar refractivity (Wildman–Crippen MR) is 57.5 cm³/mol. The molecular formula is C11H16N2O2. The standard InChI is InChI=1S/C11H16N2O2/c1-3-6-13-11(2,10(14)15)9-4-7-12-8-5-9/h4-5,7-8,13H,3,6H2,1-2H3,(H,14,15). The van der Waals surface area contributed by atoms with Crippen LogP contribution in [0, 0.1) is 0 Å². The van der Waals surface area contributed by atoms with Crippen LogP contribution in [0.3, 0.4) is 0 Å². The summed E-state index contributed by atoms with van der Waals surface area (Å²) in [6.45, 7) is 4.34. The Bertz CT molecular complexity index is 327. The molecule has 1 aromatic heterocycles. The van der Waals surface area contributed by atoms with Gasteiger partial charge in [0.15, 0.2) is 0 Å². The van der Waals surface area contributed by atoms with Crippen LogP contribution < -0.4 is 5.32 Å². The number of aliphatic carboxylic acids is 1. The van der Waals surface area contributed by atoms with E-state index in [1.165, 1.54) is 0 Å². The van der Waals surface area contributed by atoms with E-state index in [0.29, 0.717) is 6.54 Å². The van der Waals surface area contributed by atoms with Crippen LogP contribution in [0.25, 0.3) is 0 Å². The van der Waals surface area contributed by atoms with E-state index in [9.17, 15) is 9.90 Å². The van der Waals surface area contributed by atoms with Gasteiger partial charge in [0.1, 0.15) is 5.54 Å². The summed E-state index contributed by atoms with van der Waals surface area (Å²) in [5.74, 6) is -0.873. The van der Waals surface area contributed by atoms with Crippen molar-refractivity contribution in [3.63, 3.8) is 0 Å². The molecule has 1 aromatic rings. The number of nitrogens with zero attached hydrogens (tertiary/aromatic N) is 1. The summed E-state index contributed by atoms with van der Waals surface area (Å²) in [6, 6.07) is 3.44. The van der Waals surface area contributed by atoms with Crippen LogP contribution in [0.4, 0.5) is 0 Å². The molecule has 0 saturated heterocycles. The zero-order valence-electron chi connectivity index (χ0n) is 9.03. The molecule has 0 bridgehead atoms. The van der Waals surface area contributed by atoms with Crippen LogP contribution in [-0.2, 0) is 10.3 Å². The molecule has 4 nitrogen and oxygen atoms in total. The summed E-state index contributed by atoms with van der Waals surface area (Å²) >= 11 is 0. The lowest BCUT2D eigenvalue weighted by Gasteiger charge is -2.26. The van der Waals surface area contributed by atoms with E-state index in [1.807, 2.05) is 6.92 Å². The number of hydrogen-bond donors (Lipinski definition) is 2. The summed E-state index contributed by atoms with van der Waals surface area (Å²) in [6.07, 6.45) is 4.10. The Kier molecular flexibility index (Phi) is 3.80. The molecule has 0 amide bonds. The molecular weight excluding hydrogens is 192 g/mol. The van der Waals surface area contributed by atoms with E-state index in [2.05, 4.69) is 10.3 Å². The minimum absolute atomic E-state index is 0.672. The van der Waals surface area contributed by atoms with E-state index >= 15 is 0 Å². The Hall–Kier alpha value is -1.42. The lowest BCUT2D eigenvalue weighted by Crippen LogP contribution is -2.46. The van der Waals surface area contributed by atoms with Crippen molar-refractivity contribution in [1.82, 2.24) is 10.3 Å². The molecule has 0 aliphatic rings. The van der Waals surface area contributed by atoms with Gasteiger partial charge in [0, 0.05) is 12.4 Å². The largest absolute Gasteiger partial charge is 0.480 e. The van der Waals surface area contributed by atoms with Crippen LogP contribution in [0.5, 0.6) is 0 Å². The molecule has 1 heterocycles. The quantitative estimate of drug-likeness (QED) is 0.767. The summed E-state index contributed by atoms with van der Waals surface area (Å²) in [5.41, 5.74) is -0.308. The molecule has 0 fully saturated rings. The highest BCUT2D eigenvalue weighted by Crippen LogP contribution is 2.20. The first-order chi connectivity index (χ1) is 7.11. The maximum Gasteiger partial charge on any atom is 0.328 e. The average molecular weight is 208 g/mol. The van der Waals surface area contributed by atoms with E-state index in [-0.39, 0.29) is 0 Å². The Balaban J connectivity index is 2.96. The Morgan fingerprint density at radius 3 is 2.60 bits per heavy atom. The normalized spacial score (nSPS) is 14.5. The molecule has 1 unspecified atom stereocenters. The van der Waals surface area contributed by atoms with Gasteiger partial charge in [0.05, 0.1) is 0 Å². The van der Waals surface area contributed by atoms with Crippen molar-refractivity contribution in [2.24, 2.45) is 0 Å². The van der Waals surface area contributed by atoms with Gasteiger partial charge in [-0.15, -0.1) is 0 Å². The predicted octanol–water partition coefficient (Wildman–Crippen LogP) is 1.38. The van der Waals surface area contributed by atoms with Crippen molar-refractivity contribution >= 4 is 5.97 Å². The highest BCUT2D eigenvalue weighted by molar-refractivity contribution is 5.80. The first-order valence-electron chi connectivity index (χ1n) is 5.00. The van der Waals surface area contributed by atoms with Crippen molar-refractivity contribution < 1.29 is 9.90 Å². The fraction of sp³-hybridized carbons (Fsp3) is 0.455. The molecule has 0 aliphatic carbocycles. The average Bonchev–Trinajstić information content (AvgIpc) is 2.27. The summed E-state index contributed by atoms with van der Waals surface area (Å²) in [7, 11) is 0. The second-order valence-corrected chi connectivity index (χ2v) is 3.59. The van der Waals surface area contributed by atoms with Crippen molar-refractivity contribution in [2.75, 3.05) is 6.54 Å². The summed E-state index contributed by atoms with van der Waals surface area (Å²) < 4.78 is 0. The highest BCUT2D eigenvalue weighted by Gasteiger charge is 2.34. The van der Waals surface area contributed by atoms with E-state index < -0.39 is 11.5 Å². The molecule has 0 spiro atoms. The molecule has 2 N–H and O–H groups in total. The molecule has 0 aromatic carbocycles.